The van der Waals surface area contributed by atoms with Gasteiger partial charge < -0.3 is 14.8 Å². The van der Waals surface area contributed by atoms with Crippen molar-refractivity contribution in [3.8, 4) is 17.2 Å². The number of hydrogen-bond acceptors (Lipinski definition) is 5. The quantitative estimate of drug-likeness (QED) is 0.449. The van der Waals surface area contributed by atoms with E-state index in [1.807, 2.05) is 32.0 Å². The van der Waals surface area contributed by atoms with Crippen LogP contribution in [0.2, 0.25) is 0 Å². The first-order valence-electron chi connectivity index (χ1n) is 10.5. The van der Waals surface area contributed by atoms with Gasteiger partial charge in [0, 0.05) is 0 Å². The maximum atomic E-state index is 13.1. The van der Waals surface area contributed by atoms with Crippen LogP contribution in [0, 0.1) is 0 Å². The summed E-state index contributed by atoms with van der Waals surface area (Å²) in [5.41, 5.74) is 0.589. The normalized spacial score (nSPS) is 11.2. The van der Waals surface area contributed by atoms with Crippen LogP contribution in [0.4, 0.5) is 5.69 Å². The predicted octanol–water partition coefficient (Wildman–Crippen LogP) is 5.70. The lowest BCUT2D eigenvalue weighted by Crippen LogP contribution is -2.20. The van der Waals surface area contributed by atoms with Crippen molar-refractivity contribution in [3.05, 3.63) is 78.4 Å². The Morgan fingerprint density at radius 3 is 2.22 bits per heavy atom. The van der Waals surface area contributed by atoms with Crippen molar-refractivity contribution < 1.29 is 22.7 Å². The van der Waals surface area contributed by atoms with Crippen molar-refractivity contribution in [1.29, 1.82) is 0 Å². The zero-order chi connectivity index (χ0) is 23.1. The number of sulfone groups is 1. The molecule has 0 unspecified atom stereocenters. The Labute approximate surface area is 189 Å². The summed E-state index contributed by atoms with van der Waals surface area (Å²) in [6.07, 6.45) is 1.02. The van der Waals surface area contributed by atoms with E-state index in [1.165, 1.54) is 19.2 Å². The van der Waals surface area contributed by atoms with Crippen molar-refractivity contribution in [1.82, 2.24) is 0 Å². The van der Waals surface area contributed by atoms with Crippen LogP contribution in [0.3, 0.4) is 0 Å². The average Bonchev–Trinajstić information content (AvgIpc) is 2.80. The lowest BCUT2D eigenvalue weighted by molar-refractivity contribution is 0.102. The Hall–Kier alpha value is -3.32. The van der Waals surface area contributed by atoms with Crippen molar-refractivity contribution in [2.75, 3.05) is 12.4 Å². The molecular weight excluding hydrogens is 426 g/mol. The van der Waals surface area contributed by atoms with E-state index in [0.29, 0.717) is 35.7 Å². The number of benzene rings is 3. The Balaban J connectivity index is 1.93. The van der Waals surface area contributed by atoms with E-state index < -0.39 is 21.0 Å². The summed E-state index contributed by atoms with van der Waals surface area (Å²) in [6.45, 7) is 3.70. The lowest BCUT2D eigenvalue weighted by Gasteiger charge is -2.17. The molecule has 0 bridgehead atoms. The van der Waals surface area contributed by atoms with Gasteiger partial charge >= 0.3 is 0 Å². The van der Waals surface area contributed by atoms with Crippen LogP contribution in [0.15, 0.2) is 77.7 Å². The van der Waals surface area contributed by atoms with Gasteiger partial charge in [0.05, 0.1) is 28.5 Å². The number of carbonyl (C=O) groups is 1. The van der Waals surface area contributed by atoms with Crippen molar-refractivity contribution in [2.24, 2.45) is 0 Å². The zero-order valence-electron chi connectivity index (χ0n) is 18.4. The molecule has 168 valence electrons. The Kier molecular flexibility index (Phi) is 7.53. The highest BCUT2D eigenvalue weighted by atomic mass is 32.2. The third-order valence-electron chi connectivity index (χ3n) is 5.20. The van der Waals surface area contributed by atoms with Gasteiger partial charge in [-0.05, 0) is 55.3 Å². The average molecular weight is 454 g/mol. The topological polar surface area (TPSA) is 81.7 Å². The molecule has 6 nitrogen and oxygen atoms in total. The van der Waals surface area contributed by atoms with Crippen LogP contribution in [-0.4, -0.2) is 26.7 Å². The van der Waals surface area contributed by atoms with Crippen LogP contribution >= 0.6 is 0 Å². The molecule has 0 saturated heterocycles. The molecule has 0 fully saturated rings. The second-order valence-corrected chi connectivity index (χ2v) is 9.44. The summed E-state index contributed by atoms with van der Waals surface area (Å²) in [7, 11) is -2.06. The Morgan fingerprint density at radius 2 is 1.56 bits per heavy atom. The van der Waals surface area contributed by atoms with E-state index in [-0.39, 0.29) is 10.6 Å². The molecule has 3 aromatic carbocycles. The monoisotopic (exact) mass is 453 g/mol. The van der Waals surface area contributed by atoms with Crippen LogP contribution in [0.1, 0.15) is 37.0 Å². The predicted molar refractivity (Wildman–Crippen MR) is 125 cm³/mol. The summed E-state index contributed by atoms with van der Waals surface area (Å²) in [5, 5.41) is 2.30. The van der Waals surface area contributed by atoms with Crippen LogP contribution in [0.5, 0.6) is 17.2 Å². The minimum absolute atomic E-state index is 0.149. The van der Waals surface area contributed by atoms with Gasteiger partial charge in [-0.1, -0.05) is 44.2 Å². The van der Waals surface area contributed by atoms with Gasteiger partial charge in [0.2, 0.25) is 0 Å². The number of methoxy groups -OCH3 is 1. The van der Waals surface area contributed by atoms with Crippen molar-refractivity contribution in [2.45, 2.75) is 36.8 Å². The first-order valence-corrected chi connectivity index (χ1v) is 12.0. The maximum Gasteiger partial charge on any atom is 0.259 e. The summed E-state index contributed by atoms with van der Waals surface area (Å²) < 4.78 is 37.2. The van der Waals surface area contributed by atoms with Crippen LogP contribution in [0.25, 0.3) is 0 Å². The van der Waals surface area contributed by atoms with Gasteiger partial charge in [0.15, 0.2) is 9.84 Å². The van der Waals surface area contributed by atoms with E-state index in [1.54, 1.807) is 42.5 Å². The number of hydrogen-bond donors (Lipinski definition) is 1. The minimum Gasteiger partial charge on any atom is -0.495 e. The molecule has 0 aromatic heterocycles. The molecule has 0 radical (unpaired) electrons. The first-order chi connectivity index (χ1) is 15.4. The van der Waals surface area contributed by atoms with Crippen LogP contribution < -0.4 is 14.8 Å². The molecular formula is C25H27NO5S. The number of amides is 1. The summed E-state index contributed by atoms with van der Waals surface area (Å²) in [4.78, 5) is 13.3. The van der Waals surface area contributed by atoms with E-state index in [0.717, 1.165) is 0 Å². The number of ether oxygens (including phenoxy) is 2. The molecule has 32 heavy (non-hydrogen) atoms. The van der Waals surface area contributed by atoms with Gasteiger partial charge in [-0.15, -0.1) is 0 Å². The molecule has 0 aliphatic carbocycles. The van der Waals surface area contributed by atoms with E-state index in [2.05, 4.69) is 5.32 Å². The molecule has 7 heteroatoms. The summed E-state index contributed by atoms with van der Waals surface area (Å²) in [6, 6.07) is 20.5. The number of para-hydroxylation sites is 2. The third-order valence-corrected chi connectivity index (χ3v) is 7.66. The summed E-state index contributed by atoms with van der Waals surface area (Å²) in [5.74, 6) is 0.912. The van der Waals surface area contributed by atoms with Gasteiger partial charge in [0.1, 0.15) is 17.2 Å². The lowest BCUT2D eigenvalue weighted by atomic mass is 10.1. The molecule has 0 heterocycles. The second-order valence-electron chi connectivity index (χ2n) is 7.21. The minimum atomic E-state index is -3.53. The SMILES string of the molecule is CCC(CC)S(=O)(=O)c1ccc(OC)c(NC(=O)c2ccccc2Oc2ccccc2)c1. The largest absolute Gasteiger partial charge is 0.495 e. The van der Waals surface area contributed by atoms with E-state index >= 15 is 0 Å². The molecule has 0 saturated carbocycles. The second kappa shape index (κ2) is 10.3. The maximum absolute atomic E-state index is 13.1. The number of carbonyl (C=O) groups excluding carboxylic acids is 1. The van der Waals surface area contributed by atoms with Gasteiger partial charge in [-0.3, -0.25) is 4.79 Å². The van der Waals surface area contributed by atoms with Gasteiger partial charge in [0.25, 0.3) is 5.91 Å². The standard InChI is InChI=1S/C25H27NO5S/c1-4-19(5-2)32(28,29)20-15-16-24(30-3)22(17-20)26-25(27)21-13-9-10-14-23(21)31-18-11-7-6-8-12-18/h6-17,19H,4-5H2,1-3H3,(H,26,27). The number of rotatable bonds is 9. The Bertz CT molecular complexity index is 1170. The number of nitrogens with one attached hydrogen (secondary N) is 1. The number of anilines is 1. The molecule has 3 rings (SSSR count). The van der Waals surface area contributed by atoms with Gasteiger partial charge in [-0.2, -0.15) is 0 Å². The molecule has 0 aliphatic heterocycles. The first kappa shape index (κ1) is 23.3. The highest BCUT2D eigenvalue weighted by molar-refractivity contribution is 7.92. The smallest absolute Gasteiger partial charge is 0.259 e. The molecule has 0 aliphatic rings. The fourth-order valence-electron chi connectivity index (χ4n) is 3.43. The highest BCUT2D eigenvalue weighted by Crippen LogP contribution is 2.32. The molecule has 1 N–H and O–H groups in total. The van der Waals surface area contributed by atoms with E-state index in [4.69, 9.17) is 9.47 Å². The highest BCUT2D eigenvalue weighted by Gasteiger charge is 2.26. The fraction of sp³-hybridized carbons (Fsp3) is 0.240. The van der Waals surface area contributed by atoms with E-state index in [9.17, 15) is 13.2 Å². The van der Waals surface area contributed by atoms with Crippen molar-refractivity contribution in [3.63, 3.8) is 0 Å². The molecule has 0 atom stereocenters. The van der Waals surface area contributed by atoms with Crippen LogP contribution in [-0.2, 0) is 9.84 Å². The molecule has 0 spiro atoms. The fourth-order valence-corrected chi connectivity index (χ4v) is 5.23. The van der Waals surface area contributed by atoms with Gasteiger partial charge in [-0.25, -0.2) is 8.42 Å². The zero-order valence-corrected chi connectivity index (χ0v) is 19.2. The molecule has 1 amide bonds. The Morgan fingerprint density at radius 1 is 0.906 bits per heavy atom. The summed E-state index contributed by atoms with van der Waals surface area (Å²) >= 11 is 0. The third kappa shape index (κ3) is 5.11. The van der Waals surface area contributed by atoms with Crippen molar-refractivity contribution >= 4 is 21.4 Å². The molecule has 3 aromatic rings.